The summed E-state index contributed by atoms with van der Waals surface area (Å²) in [5, 5.41) is 3.31. The van der Waals surface area contributed by atoms with E-state index >= 15 is 0 Å². The van der Waals surface area contributed by atoms with Crippen LogP contribution in [0.15, 0.2) is 22.7 Å². The van der Waals surface area contributed by atoms with E-state index < -0.39 is 5.82 Å². The fourth-order valence-corrected chi connectivity index (χ4v) is 2.12. The maximum absolute atomic E-state index is 13.5. The molecule has 2 rings (SSSR count). The van der Waals surface area contributed by atoms with Gasteiger partial charge in [0.25, 0.3) is 0 Å². The maximum Gasteiger partial charge on any atom is 0.161 e. The molecule has 0 spiro atoms. The predicted octanol–water partition coefficient (Wildman–Crippen LogP) is 4.83. The minimum Gasteiger partial charge on any atom is -0.369 e. The summed E-state index contributed by atoms with van der Waals surface area (Å²) in [6, 6.07) is 4.55. The molecule has 0 saturated carbocycles. The molecule has 6 heteroatoms. The number of hydrogen-bond donors (Lipinski definition) is 1. The molecular formula is C14H14BrClFN3. The highest BCUT2D eigenvalue weighted by Gasteiger charge is 2.12. The van der Waals surface area contributed by atoms with Crippen molar-refractivity contribution in [3.05, 3.63) is 39.2 Å². The Kier molecular flexibility index (Phi) is 4.94. The van der Waals surface area contributed by atoms with Gasteiger partial charge in [-0.2, -0.15) is 0 Å². The van der Waals surface area contributed by atoms with Crippen molar-refractivity contribution >= 4 is 33.3 Å². The van der Waals surface area contributed by atoms with E-state index in [2.05, 4.69) is 38.1 Å². The molecule has 1 aromatic carbocycles. The van der Waals surface area contributed by atoms with E-state index in [9.17, 15) is 4.39 Å². The Morgan fingerprint density at radius 1 is 1.35 bits per heavy atom. The lowest BCUT2D eigenvalue weighted by Crippen LogP contribution is -2.06. The van der Waals surface area contributed by atoms with Crippen LogP contribution in [0.5, 0.6) is 0 Å². The molecule has 1 N–H and O–H groups in total. The van der Waals surface area contributed by atoms with E-state index in [-0.39, 0.29) is 5.02 Å². The highest BCUT2D eigenvalue weighted by molar-refractivity contribution is 9.10. The lowest BCUT2D eigenvalue weighted by atomic mass is 10.2. The van der Waals surface area contributed by atoms with Gasteiger partial charge in [0.15, 0.2) is 5.82 Å². The molecule has 106 valence electrons. The number of hydrogen-bond acceptors (Lipinski definition) is 3. The van der Waals surface area contributed by atoms with Crippen LogP contribution < -0.4 is 5.32 Å². The third-order valence-electron chi connectivity index (χ3n) is 2.74. The number of nitrogens with zero attached hydrogens (tertiary/aromatic N) is 2. The molecule has 0 bridgehead atoms. The molecule has 0 saturated heterocycles. The SMILES string of the molecule is CCCNc1nc(-c2ccc(Cl)c(F)c2)nc(C)c1Br. The quantitative estimate of drug-likeness (QED) is 0.850. The zero-order chi connectivity index (χ0) is 14.7. The first-order valence-corrected chi connectivity index (χ1v) is 7.43. The normalized spacial score (nSPS) is 10.7. The molecular weight excluding hydrogens is 345 g/mol. The summed E-state index contributed by atoms with van der Waals surface area (Å²) in [6.07, 6.45) is 0.987. The van der Waals surface area contributed by atoms with Crippen molar-refractivity contribution in [1.29, 1.82) is 0 Å². The summed E-state index contributed by atoms with van der Waals surface area (Å²) < 4.78 is 14.4. The first-order valence-electron chi connectivity index (χ1n) is 6.26. The fourth-order valence-electron chi connectivity index (χ4n) is 1.68. The van der Waals surface area contributed by atoms with Crippen LogP contribution in [0.2, 0.25) is 5.02 Å². The largest absolute Gasteiger partial charge is 0.369 e. The van der Waals surface area contributed by atoms with E-state index in [1.165, 1.54) is 12.1 Å². The van der Waals surface area contributed by atoms with Gasteiger partial charge in [0.05, 0.1) is 15.2 Å². The Bertz CT molecular complexity index is 634. The average Bonchev–Trinajstić information content (AvgIpc) is 2.43. The Hall–Kier alpha value is -1.20. The third kappa shape index (κ3) is 3.27. The Morgan fingerprint density at radius 3 is 2.75 bits per heavy atom. The number of benzene rings is 1. The number of halogens is 3. The van der Waals surface area contributed by atoms with Crippen molar-refractivity contribution in [3.63, 3.8) is 0 Å². The summed E-state index contributed by atoms with van der Waals surface area (Å²) in [4.78, 5) is 8.81. The summed E-state index contributed by atoms with van der Waals surface area (Å²) in [5.41, 5.74) is 1.39. The van der Waals surface area contributed by atoms with Crippen LogP contribution >= 0.6 is 27.5 Å². The van der Waals surface area contributed by atoms with Crippen molar-refractivity contribution in [2.24, 2.45) is 0 Å². The smallest absolute Gasteiger partial charge is 0.161 e. The number of aromatic nitrogens is 2. The molecule has 0 aliphatic heterocycles. The van der Waals surface area contributed by atoms with Gasteiger partial charge in [0, 0.05) is 12.1 Å². The monoisotopic (exact) mass is 357 g/mol. The second kappa shape index (κ2) is 6.50. The lowest BCUT2D eigenvalue weighted by Gasteiger charge is -2.11. The van der Waals surface area contributed by atoms with Gasteiger partial charge in [-0.3, -0.25) is 0 Å². The second-order valence-electron chi connectivity index (χ2n) is 4.35. The molecule has 0 amide bonds. The van der Waals surface area contributed by atoms with Crippen LogP contribution in [0.1, 0.15) is 19.0 Å². The molecule has 1 aromatic heterocycles. The minimum atomic E-state index is -0.476. The van der Waals surface area contributed by atoms with Crippen LogP contribution in [-0.4, -0.2) is 16.5 Å². The van der Waals surface area contributed by atoms with Gasteiger partial charge >= 0.3 is 0 Å². The summed E-state index contributed by atoms with van der Waals surface area (Å²) in [7, 11) is 0. The van der Waals surface area contributed by atoms with Crippen LogP contribution in [0.3, 0.4) is 0 Å². The molecule has 0 radical (unpaired) electrons. The zero-order valence-electron chi connectivity index (χ0n) is 11.2. The van der Waals surface area contributed by atoms with Gasteiger partial charge in [-0.25, -0.2) is 14.4 Å². The number of rotatable bonds is 4. The molecule has 3 nitrogen and oxygen atoms in total. The summed E-state index contributed by atoms with van der Waals surface area (Å²) in [6.45, 7) is 4.76. The van der Waals surface area contributed by atoms with Crippen LogP contribution in [0.4, 0.5) is 10.2 Å². The van der Waals surface area contributed by atoms with Gasteiger partial charge in [-0.1, -0.05) is 18.5 Å². The standard InChI is InChI=1S/C14H14BrClFN3/c1-3-6-18-14-12(15)8(2)19-13(20-14)9-4-5-10(16)11(17)7-9/h4-5,7H,3,6H2,1-2H3,(H,18,19,20). The zero-order valence-corrected chi connectivity index (χ0v) is 13.5. The topological polar surface area (TPSA) is 37.8 Å². The van der Waals surface area contributed by atoms with E-state index in [1.807, 2.05) is 6.92 Å². The fraction of sp³-hybridized carbons (Fsp3) is 0.286. The van der Waals surface area contributed by atoms with Crippen molar-refractivity contribution < 1.29 is 4.39 Å². The van der Waals surface area contributed by atoms with Gasteiger partial charge < -0.3 is 5.32 Å². The second-order valence-corrected chi connectivity index (χ2v) is 5.55. The van der Waals surface area contributed by atoms with E-state index in [0.29, 0.717) is 17.2 Å². The Morgan fingerprint density at radius 2 is 2.10 bits per heavy atom. The summed E-state index contributed by atoms with van der Waals surface area (Å²) >= 11 is 9.15. The molecule has 0 aliphatic carbocycles. The van der Waals surface area contributed by atoms with E-state index in [0.717, 1.165) is 23.1 Å². The van der Waals surface area contributed by atoms with Crippen LogP contribution in [0, 0.1) is 12.7 Å². The van der Waals surface area contributed by atoms with Gasteiger partial charge in [-0.15, -0.1) is 0 Å². The molecule has 0 unspecified atom stereocenters. The molecule has 0 atom stereocenters. The van der Waals surface area contributed by atoms with Crippen molar-refractivity contribution in [2.75, 3.05) is 11.9 Å². The average molecular weight is 359 g/mol. The van der Waals surface area contributed by atoms with Gasteiger partial charge in [-0.05, 0) is 47.5 Å². The van der Waals surface area contributed by atoms with Gasteiger partial charge in [0.1, 0.15) is 11.6 Å². The molecule has 20 heavy (non-hydrogen) atoms. The third-order valence-corrected chi connectivity index (χ3v) is 3.99. The predicted molar refractivity (Wildman–Crippen MR) is 83.7 cm³/mol. The Balaban J connectivity index is 2.45. The number of anilines is 1. The Labute approximate surface area is 130 Å². The van der Waals surface area contributed by atoms with Crippen molar-refractivity contribution in [1.82, 2.24) is 9.97 Å². The molecule has 0 aliphatic rings. The number of nitrogens with one attached hydrogen (secondary N) is 1. The number of aryl methyl sites for hydroxylation is 1. The van der Waals surface area contributed by atoms with E-state index in [1.54, 1.807) is 6.07 Å². The molecule has 1 heterocycles. The lowest BCUT2D eigenvalue weighted by molar-refractivity contribution is 0.628. The molecule has 2 aromatic rings. The van der Waals surface area contributed by atoms with Crippen LogP contribution in [-0.2, 0) is 0 Å². The van der Waals surface area contributed by atoms with E-state index in [4.69, 9.17) is 11.6 Å². The van der Waals surface area contributed by atoms with Crippen molar-refractivity contribution in [2.45, 2.75) is 20.3 Å². The molecule has 0 fully saturated rings. The van der Waals surface area contributed by atoms with Gasteiger partial charge in [0.2, 0.25) is 0 Å². The summed E-state index contributed by atoms with van der Waals surface area (Å²) in [5.74, 6) is 0.709. The highest BCUT2D eigenvalue weighted by Crippen LogP contribution is 2.28. The highest BCUT2D eigenvalue weighted by atomic mass is 79.9. The van der Waals surface area contributed by atoms with Crippen molar-refractivity contribution in [3.8, 4) is 11.4 Å². The minimum absolute atomic E-state index is 0.0897. The first kappa shape index (κ1) is 15.2. The van der Waals surface area contributed by atoms with Crippen LogP contribution in [0.25, 0.3) is 11.4 Å². The first-order chi connectivity index (χ1) is 9.52. The maximum atomic E-state index is 13.5.